The second-order valence-corrected chi connectivity index (χ2v) is 22.7. The van der Waals surface area contributed by atoms with Gasteiger partial charge in [0.2, 0.25) is 11.8 Å². The second kappa shape index (κ2) is 26.1. The maximum absolute atomic E-state index is 14.5. The SMILES string of the molecule is CCc1cc2ncc(CN3CCN(c4ccc(C(=O)NC5CCN(CC6CCN(C(=O)[C@H](NC(=O)c7cccc(C8CCCN(C(=O)CNCc9ccc(F)cc9F)C8)c7)C7CCCCC7)CC6)CC5)nc4)CC3)cc2[nH]c1=O. The molecule has 4 amide bonds. The molecule has 3 aromatic heterocycles. The van der Waals surface area contributed by atoms with Gasteiger partial charge in [-0.1, -0.05) is 44.4 Å². The summed E-state index contributed by atoms with van der Waals surface area (Å²) in [5, 5.41) is 9.48. The topological polar surface area (TPSA) is 179 Å². The van der Waals surface area contributed by atoms with E-state index in [1.165, 1.54) is 12.1 Å². The average molecular weight is 1080 g/mol. The van der Waals surface area contributed by atoms with Gasteiger partial charge in [-0.05, 0) is 123 Å². The first-order valence-electron chi connectivity index (χ1n) is 29.0. The number of likely N-dealkylation sites (tertiary alicyclic amines) is 3. The number of piperazine rings is 1. The number of nitrogens with one attached hydrogen (secondary N) is 4. The number of halogens is 2. The molecule has 4 saturated heterocycles. The highest BCUT2D eigenvalue weighted by Crippen LogP contribution is 2.31. The van der Waals surface area contributed by atoms with E-state index in [9.17, 15) is 32.8 Å². The van der Waals surface area contributed by atoms with Crippen molar-refractivity contribution in [3.05, 3.63) is 135 Å². The van der Waals surface area contributed by atoms with Crippen LogP contribution in [0.3, 0.4) is 0 Å². The molecule has 1 saturated carbocycles. The molecule has 0 bridgehead atoms. The normalized spacial score (nSPS) is 19.8. The molecule has 18 heteroatoms. The van der Waals surface area contributed by atoms with Crippen LogP contribution in [0.15, 0.2) is 83.9 Å². The Balaban J connectivity index is 0.643. The number of hydrogen-bond donors (Lipinski definition) is 4. The fraction of sp³-hybridized carbons (Fsp3) is 0.525. The lowest BCUT2D eigenvalue weighted by Gasteiger charge is -2.40. The van der Waals surface area contributed by atoms with Gasteiger partial charge in [-0.25, -0.2) is 13.8 Å². The number of piperidine rings is 3. The zero-order chi connectivity index (χ0) is 54.8. The number of carbonyl (C=O) groups excluding carboxylic acids is 4. The minimum atomic E-state index is -0.650. The number of nitrogens with zero attached hydrogens (tertiary/aromatic N) is 7. The first-order chi connectivity index (χ1) is 38.4. The molecular formula is C61H77F2N11O5. The Hall–Kier alpha value is -6.63. The minimum Gasteiger partial charge on any atom is -0.368 e. The molecule has 1 aliphatic carbocycles. The van der Waals surface area contributed by atoms with Crippen LogP contribution in [0.2, 0.25) is 0 Å². The monoisotopic (exact) mass is 1080 g/mol. The Morgan fingerprint density at radius 3 is 2.28 bits per heavy atom. The number of carbonyl (C=O) groups is 4. The standard InChI is InChI=1S/C61H77F2N11O5/c1-2-43-32-54-55(68-58(43)76)30-42(34-65-54)39-71-26-28-72(29-27-71)51-15-16-53(66-36-51)60(78)67-50-19-22-70(23-20-50)38-41-17-24-73(25-18-41)61(79)57(44-8-4-3-5-9-44)69-59(77)46-11-6-10-45(31-46)48-12-7-21-74(40-48)56(75)37-64-35-47-13-14-49(62)33-52(47)63/h6,10-11,13-16,30-34,36,41,44,48,50,57,64H,2-5,7-9,12,17-29,35,37-40H2,1H3,(H,67,78)(H,68,76)(H,69,77)/t48?,57-/m1/s1. The largest absolute Gasteiger partial charge is 0.368 e. The highest BCUT2D eigenvalue weighted by Gasteiger charge is 2.37. The number of amides is 4. The van der Waals surface area contributed by atoms with Gasteiger partial charge in [0, 0.05) is 126 Å². The number of hydrogen-bond acceptors (Lipinski definition) is 11. The summed E-state index contributed by atoms with van der Waals surface area (Å²) >= 11 is 0. The number of aromatic nitrogens is 3. The molecule has 5 aliphatic rings. The smallest absolute Gasteiger partial charge is 0.270 e. The maximum Gasteiger partial charge on any atom is 0.270 e. The highest BCUT2D eigenvalue weighted by atomic mass is 19.1. The van der Waals surface area contributed by atoms with E-state index in [1.54, 1.807) is 12.3 Å². The van der Waals surface area contributed by atoms with Crippen molar-refractivity contribution >= 4 is 40.3 Å². The average Bonchev–Trinajstić information content (AvgIpc) is 3.51. The van der Waals surface area contributed by atoms with Crippen molar-refractivity contribution in [1.29, 1.82) is 0 Å². The Kier molecular flexibility index (Phi) is 18.4. The summed E-state index contributed by atoms with van der Waals surface area (Å²) in [5.74, 6) is -1.19. The van der Waals surface area contributed by atoms with Crippen LogP contribution in [0.4, 0.5) is 14.5 Å². The third kappa shape index (κ3) is 14.2. The molecule has 7 heterocycles. The Morgan fingerprint density at radius 1 is 0.734 bits per heavy atom. The molecule has 5 aromatic rings. The third-order valence-electron chi connectivity index (χ3n) is 17.4. The number of pyridine rings is 3. The fourth-order valence-electron chi connectivity index (χ4n) is 12.6. The van der Waals surface area contributed by atoms with Gasteiger partial charge in [0.25, 0.3) is 17.4 Å². The number of fused-ring (bicyclic) bond motifs is 1. The summed E-state index contributed by atoms with van der Waals surface area (Å²) in [7, 11) is 0. The van der Waals surface area contributed by atoms with E-state index in [0.717, 1.165) is 162 Å². The molecule has 4 aliphatic heterocycles. The molecule has 2 atom stereocenters. The van der Waals surface area contributed by atoms with Gasteiger partial charge in [-0.3, -0.25) is 33.9 Å². The van der Waals surface area contributed by atoms with E-state index < -0.39 is 17.7 Å². The molecule has 0 spiro atoms. The van der Waals surface area contributed by atoms with Crippen LogP contribution in [-0.2, 0) is 29.1 Å². The molecule has 420 valence electrons. The molecule has 0 radical (unpaired) electrons. The summed E-state index contributed by atoms with van der Waals surface area (Å²) in [5.41, 5.74) is 6.53. The van der Waals surface area contributed by atoms with Gasteiger partial charge in [0.1, 0.15) is 23.4 Å². The summed E-state index contributed by atoms with van der Waals surface area (Å²) in [4.78, 5) is 90.7. The number of anilines is 1. The van der Waals surface area contributed by atoms with Gasteiger partial charge >= 0.3 is 0 Å². The van der Waals surface area contributed by atoms with E-state index in [0.29, 0.717) is 55.3 Å². The molecule has 1 unspecified atom stereocenters. The molecule has 10 rings (SSSR count). The van der Waals surface area contributed by atoms with Crippen LogP contribution >= 0.6 is 0 Å². The molecule has 5 fully saturated rings. The van der Waals surface area contributed by atoms with Crippen molar-refractivity contribution in [2.24, 2.45) is 11.8 Å². The van der Waals surface area contributed by atoms with Crippen molar-refractivity contribution in [1.82, 2.24) is 50.5 Å². The number of rotatable bonds is 17. The van der Waals surface area contributed by atoms with E-state index in [1.807, 2.05) is 65.4 Å². The van der Waals surface area contributed by atoms with E-state index in [4.69, 9.17) is 0 Å². The summed E-state index contributed by atoms with van der Waals surface area (Å²) in [6, 6.07) is 18.2. The van der Waals surface area contributed by atoms with Gasteiger partial charge in [0.15, 0.2) is 0 Å². The molecule has 16 nitrogen and oxygen atoms in total. The van der Waals surface area contributed by atoms with Crippen LogP contribution < -0.4 is 26.4 Å². The molecule has 79 heavy (non-hydrogen) atoms. The zero-order valence-electron chi connectivity index (χ0n) is 45.7. The highest BCUT2D eigenvalue weighted by molar-refractivity contribution is 5.98. The van der Waals surface area contributed by atoms with Gasteiger partial charge < -0.3 is 40.5 Å². The fourth-order valence-corrected chi connectivity index (χ4v) is 12.6. The van der Waals surface area contributed by atoms with E-state index >= 15 is 0 Å². The van der Waals surface area contributed by atoms with Gasteiger partial charge in [-0.15, -0.1) is 0 Å². The van der Waals surface area contributed by atoms with Crippen molar-refractivity contribution in [3.8, 4) is 0 Å². The van der Waals surface area contributed by atoms with Crippen LogP contribution in [0.1, 0.15) is 127 Å². The number of H-pyrrole nitrogens is 1. The Bertz CT molecular complexity index is 2980. The summed E-state index contributed by atoms with van der Waals surface area (Å²) < 4.78 is 27.5. The number of aryl methyl sites for hydroxylation is 1. The Labute approximate surface area is 462 Å². The van der Waals surface area contributed by atoms with E-state index in [2.05, 4.69) is 45.6 Å². The predicted octanol–water partition coefficient (Wildman–Crippen LogP) is 6.79. The van der Waals surface area contributed by atoms with Gasteiger partial charge in [-0.2, -0.15) is 0 Å². The predicted molar refractivity (Wildman–Crippen MR) is 301 cm³/mol. The first-order valence-corrected chi connectivity index (χ1v) is 29.0. The molecule has 2 aromatic carbocycles. The summed E-state index contributed by atoms with van der Waals surface area (Å²) in [6.45, 7) is 11.5. The second-order valence-electron chi connectivity index (χ2n) is 22.7. The molecular weight excluding hydrogens is 1000 g/mol. The van der Waals surface area contributed by atoms with Crippen molar-refractivity contribution < 1.29 is 28.0 Å². The number of aromatic amines is 1. The quantitative estimate of drug-likeness (QED) is 0.0771. The molecule has 4 N–H and O–H groups in total. The lowest BCUT2D eigenvalue weighted by Crippen LogP contribution is -2.54. The van der Waals surface area contributed by atoms with Crippen molar-refractivity contribution in [2.75, 3.05) is 83.4 Å². The van der Waals surface area contributed by atoms with Crippen LogP contribution in [0.25, 0.3) is 11.0 Å². The summed E-state index contributed by atoms with van der Waals surface area (Å²) in [6.07, 6.45) is 14.6. The van der Waals surface area contributed by atoms with Crippen LogP contribution in [0, 0.1) is 23.5 Å². The minimum absolute atomic E-state index is 0.0179. The maximum atomic E-state index is 14.5. The van der Waals surface area contributed by atoms with Crippen LogP contribution in [-0.4, -0.2) is 149 Å². The lowest BCUT2D eigenvalue weighted by molar-refractivity contribution is -0.136. The van der Waals surface area contributed by atoms with E-state index in [-0.39, 0.29) is 60.2 Å². The van der Waals surface area contributed by atoms with Gasteiger partial charge in [0.05, 0.1) is 29.5 Å². The van der Waals surface area contributed by atoms with Crippen molar-refractivity contribution in [2.45, 2.75) is 115 Å². The number of benzene rings is 2. The first kappa shape index (κ1) is 55.7. The van der Waals surface area contributed by atoms with Crippen LogP contribution in [0.5, 0.6) is 0 Å². The van der Waals surface area contributed by atoms with Crippen molar-refractivity contribution in [3.63, 3.8) is 0 Å². The Morgan fingerprint density at radius 2 is 1.53 bits per heavy atom. The lowest BCUT2D eigenvalue weighted by atomic mass is 9.82. The zero-order valence-corrected chi connectivity index (χ0v) is 45.7. The third-order valence-corrected chi connectivity index (χ3v) is 17.4.